The van der Waals surface area contributed by atoms with Crippen LogP contribution in [0.3, 0.4) is 0 Å². The summed E-state index contributed by atoms with van der Waals surface area (Å²) in [5.41, 5.74) is 0.397. The highest BCUT2D eigenvalue weighted by molar-refractivity contribution is 7.87. The third-order valence-corrected chi connectivity index (χ3v) is 4.79. The van der Waals surface area contributed by atoms with E-state index in [4.69, 9.17) is 4.74 Å². The van der Waals surface area contributed by atoms with E-state index < -0.39 is 15.7 Å². The fraction of sp³-hybridized carbons (Fsp3) is 0.500. The fourth-order valence-electron chi connectivity index (χ4n) is 1.93. The lowest BCUT2D eigenvalue weighted by atomic mass is 10.1. The van der Waals surface area contributed by atoms with E-state index in [1.54, 1.807) is 7.11 Å². The molecule has 1 aliphatic carbocycles. The summed E-state index contributed by atoms with van der Waals surface area (Å²) in [4.78, 5) is 0. The van der Waals surface area contributed by atoms with E-state index in [1.165, 1.54) is 18.4 Å². The van der Waals surface area contributed by atoms with E-state index in [0.29, 0.717) is 0 Å². The second-order valence-electron chi connectivity index (χ2n) is 4.67. The van der Waals surface area contributed by atoms with Crippen LogP contribution < -0.4 is 9.46 Å². The zero-order chi connectivity index (χ0) is 13.4. The zero-order valence-electron chi connectivity index (χ0n) is 10.8. The van der Waals surface area contributed by atoms with Gasteiger partial charge in [-0.25, -0.2) is 0 Å². The van der Waals surface area contributed by atoms with Crippen molar-refractivity contribution in [3.63, 3.8) is 0 Å². The average Bonchev–Trinajstić information content (AvgIpc) is 3.09. The SMILES string of the molecule is COc1ccccc1C1(NS(=O)(=O)N(C)C)CC1. The number of hydrogen-bond acceptors (Lipinski definition) is 3. The van der Waals surface area contributed by atoms with Gasteiger partial charge in [-0.1, -0.05) is 18.2 Å². The number of para-hydroxylation sites is 1. The summed E-state index contributed by atoms with van der Waals surface area (Å²) in [7, 11) is 1.18. The predicted molar refractivity (Wildman–Crippen MR) is 69.6 cm³/mol. The molecule has 1 saturated carbocycles. The largest absolute Gasteiger partial charge is 0.496 e. The van der Waals surface area contributed by atoms with Crippen LogP contribution in [-0.2, 0) is 15.7 Å². The van der Waals surface area contributed by atoms with Gasteiger partial charge < -0.3 is 4.74 Å². The van der Waals surface area contributed by atoms with E-state index in [0.717, 1.165) is 24.2 Å². The van der Waals surface area contributed by atoms with Gasteiger partial charge in [0.05, 0.1) is 12.6 Å². The normalized spacial score (nSPS) is 17.8. The van der Waals surface area contributed by atoms with Crippen LogP contribution in [0.5, 0.6) is 5.75 Å². The number of benzene rings is 1. The Bertz CT molecular complexity index is 536. The molecule has 1 fully saturated rings. The Labute approximate surface area is 108 Å². The second kappa shape index (κ2) is 4.53. The smallest absolute Gasteiger partial charge is 0.279 e. The van der Waals surface area contributed by atoms with Gasteiger partial charge in [0, 0.05) is 19.7 Å². The van der Waals surface area contributed by atoms with Crippen molar-refractivity contribution >= 4 is 10.2 Å². The van der Waals surface area contributed by atoms with Gasteiger partial charge in [-0.2, -0.15) is 17.4 Å². The summed E-state index contributed by atoms with van der Waals surface area (Å²) >= 11 is 0. The molecule has 0 heterocycles. The molecular weight excluding hydrogens is 252 g/mol. The molecule has 18 heavy (non-hydrogen) atoms. The first-order chi connectivity index (χ1) is 8.41. The molecule has 6 heteroatoms. The average molecular weight is 270 g/mol. The summed E-state index contributed by atoms with van der Waals surface area (Å²) in [6.07, 6.45) is 1.58. The van der Waals surface area contributed by atoms with Gasteiger partial charge in [0.15, 0.2) is 0 Å². The van der Waals surface area contributed by atoms with Crippen LogP contribution in [0.4, 0.5) is 0 Å². The van der Waals surface area contributed by atoms with Crippen molar-refractivity contribution in [2.75, 3.05) is 21.2 Å². The van der Waals surface area contributed by atoms with Crippen molar-refractivity contribution in [2.24, 2.45) is 0 Å². The van der Waals surface area contributed by atoms with Gasteiger partial charge in [-0.15, -0.1) is 0 Å². The minimum Gasteiger partial charge on any atom is -0.496 e. The minimum atomic E-state index is -3.44. The van der Waals surface area contributed by atoms with Crippen molar-refractivity contribution in [1.82, 2.24) is 9.03 Å². The molecule has 0 saturated heterocycles. The van der Waals surface area contributed by atoms with Gasteiger partial charge in [-0.3, -0.25) is 0 Å². The van der Waals surface area contributed by atoms with Gasteiger partial charge in [0.2, 0.25) is 0 Å². The summed E-state index contributed by atoms with van der Waals surface area (Å²) < 4.78 is 33.1. The lowest BCUT2D eigenvalue weighted by Crippen LogP contribution is -2.42. The Balaban J connectivity index is 2.33. The molecule has 0 aliphatic heterocycles. The molecular formula is C12H18N2O3S. The maximum absolute atomic E-state index is 11.9. The molecule has 0 bridgehead atoms. The van der Waals surface area contributed by atoms with E-state index in [2.05, 4.69) is 4.72 Å². The summed E-state index contributed by atoms with van der Waals surface area (Å²) in [6, 6.07) is 7.52. The third kappa shape index (κ3) is 2.36. The highest BCUT2D eigenvalue weighted by Gasteiger charge is 2.49. The molecule has 1 aromatic carbocycles. The lowest BCUT2D eigenvalue weighted by Gasteiger charge is -2.22. The van der Waals surface area contributed by atoms with Crippen LogP contribution in [-0.4, -0.2) is 33.9 Å². The van der Waals surface area contributed by atoms with Crippen LogP contribution in [0.1, 0.15) is 18.4 Å². The standard InChI is InChI=1S/C12H18N2O3S/c1-14(2)18(15,16)13-12(8-9-12)10-6-4-5-7-11(10)17-3/h4-7,13H,8-9H2,1-3H3. The molecule has 5 nitrogen and oxygen atoms in total. The molecule has 2 rings (SSSR count). The van der Waals surface area contributed by atoms with Gasteiger partial charge in [0.1, 0.15) is 5.75 Å². The van der Waals surface area contributed by atoms with Crippen LogP contribution in [0, 0.1) is 0 Å². The van der Waals surface area contributed by atoms with Crippen molar-refractivity contribution in [2.45, 2.75) is 18.4 Å². The maximum atomic E-state index is 11.9. The molecule has 0 unspecified atom stereocenters. The highest BCUT2D eigenvalue weighted by atomic mass is 32.2. The second-order valence-corrected chi connectivity index (χ2v) is 6.56. The highest BCUT2D eigenvalue weighted by Crippen LogP contribution is 2.49. The molecule has 100 valence electrons. The number of nitrogens with one attached hydrogen (secondary N) is 1. The molecule has 0 spiro atoms. The number of methoxy groups -OCH3 is 1. The van der Waals surface area contributed by atoms with Gasteiger partial charge in [0.25, 0.3) is 10.2 Å². The van der Waals surface area contributed by atoms with E-state index in [9.17, 15) is 8.42 Å². The number of hydrogen-bond donors (Lipinski definition) is 1. The molecule has 0 atom stereocenters. The summed E-state index contributed by atoms with van der Waals surface area (Å²) in [6.45, 7) is 0. The monoisotopic (exact) mass is 270 g/mol. The fourth-order valence-corrected chi connectivity index (χ4v) is 2.92. The Hall–Kier alpha value is -1.11. The molecule has 1 N–H and O–H groups in total. The first kappa shape index (κ1) is 13.3. The van der Waals surface area contributed by atoms with Crippen LogP contribution in [0.25, 0.3) is 0 Å². The summed E-state index contributed by atoms with van der Waals surface area (Å²) in [5.74, 6) is 0.719. The Kier molecular flexibility index (Phi) is 3.35. The molecule has 0 amide bonds. The maximum Gasteiger partial charge on any atom is 0.279 e. The van der Waals surface area contributed by atoms with Gasteiger partial charge >= 0.3 is 0 Å². The Morgan fingerprint density at radius 1 is 1.28 bits per heavy atom. The Morgan fingerprint density at radius 3 is 2.39 bits per heavy atom. The number of rotatable bonds is 5. The topological polar surface area (TPSA) is 58.6 Å². The van der Waals surface area contributed by atoms with Crippen LogP contribution in [0.2, 0.25) is 0 Å². The van der Waals surface area contributed by atoms with E-state index in [-0.39, 0.29) is 0 Å². The van der Waals surface area contributed by atoms with Crippen molar-refractivity contribution in [3.8, 4) is 5.75 Å². The molecule has 0 aromatic heterocycles. The predicted octanol–water partition coefficient (Wildman–Crippen LogP) is 1.08. The number of ether oxygens (including phenoxy) is 1. The van der Waals surface area contributed by atoms with E-state index >= 15 is 0 Å². The van der Waals surface area contributed by atoms with E-state index in [1.807, 2.05) is 24.3 Å². The van der Waals surface area contributed by atoms with Gasteiger partial charge in [-0.05, 0) is 18.9 Å². The molecule has 1 aromatic rings. The minimum absolute atomic E-state index is 0.504. The Morgan fingerprint density at radius 2 is 1.89 bits per heavy atom. The summed E-state index contributed by atoms with van der Waals surface area (Å²) in [5, 5.41) is 0. The van der Waals surface area contributed by atoms with Crippen molar-refractivity contribution in [1.29, 1.82) is 0 Å². The molecule has 0 radical (unpaired) electrons. The van der Waals surface area contributed by atoms with Crippen LogP contribution in [0.15, 0.2) is 24.3 Å². The lowest BCUT2D eigenvalue weighted by molar-refractivity contribution is 0.400. The first-order valence-electron chi connectivity index (χ1n) is 5.76. The first-order valence-corrected chi connectivity index (χ1v) is 7.20. The molecule has 1 aliphatic rings. The quantitative estimate of drug-likeness (QED) is 0.871. The van der Waals surface area contributed by atoms with Crippen molar-refractivity contribution in [3.05, 3.63) is 29.8 Å². The van der Waals surface area contributed by atoms with Crippen LogP contribution >= 0.6 is 0 Å². The van der Waals surface area contributed by atoms with Crippen molar-refractivity contribution < 1.29 is 13.2 Å². The third-order valence-electron chi connectivity index (χ3n) is 3.18. The number of nitrogens with zero attached hydrogens (tertiary/aromatic N) is 1. The zero-order valence-corrected chi connectivity index (χ0v) is 11.6.